The Bertz CT molecular complexity index is 975. The van der Waals surface area contributed by atoms with Gasteiger partial charge in [0.2, 0.25) is 0 Å². The summed E-state index contributed by atoms with van der Waals surface area (Å²) in [5.41, 5.74) is 2.70. The maximum Gasteiger partial charge on any atom is 0.494 e. The minimum Gasteiger partial charge on any atom is -0.399 e. The first-order valence-electron chi connectivity index (χ1n) is 12.5. The molecule has 3 aliphatic rings. The highest BCUT2D eigenvalue weighted by atomic mass is 16.7. The molecule has 3 saturated heterocycles. The monoisotopic (exact) mass is 445 g/mol. The molecule has 0 spiro atoms. The lowest BCUT2D eigenvalue weighted by atomic mass is 9.77. The molecular formula is C28H36BNO3. The van der Waals surface area contributed by atoms with Crippen LogP contribution in [-0.2, 0) is 27.1 Å². The Labute approximate surface area is 198 Å². The van der Waals surface area contributed by atoms with Gasteiger partial charge in [0.05, 0.1) is 11.2 Å². The smallest absolute Gasteiger partial charge is 0.399 e. The Morgan fingerprint density at radius 3 is 2.15 bits per heavy atom. The van der Waals surface area contributed by atoms with Gasteiger partial charge in [0.1, 0.15) is 5.78 Å². The quantitative estimate of drug-likeness (QED) is 0.612. The van der Waals surface area contributed by atoms with Crippen LogP contribution in [0.4, 0.5) is 0 Å². The lowest BCUT2D eigenvalue weighted by Crippen LogP contribution is -2.44. The molecule has 0 radical (unpaired) electrons. The largest absolute Gasteiger partial charge is 0.494 e. The number of carbonyl (C=O) groups excluding carboxylic acids is 1. The number of carbonyl (C=O) groups is 1. The molecule has 0 aromatic heterocycles. The molecule has 2 atom stereocenters. The average molecular weight is 445 g/mol. The van der Waals surface area contributed by atoms with Crippen LogP contribution in [0.5, 0.6) is 0 Å². The van der Waals surface area contributed by atoms with Crippen LogP contribution in [0.25, 0.3) is 0 Å². The van der Waals surface area contributed by atoms with Gasteiger partial charge in [0.15, 0.2) is 0 Å². The SMILES string of the molecule is CC1(C)OB(c2cccc(CC(=O)C3CC4CCC(C3)N4Cc3ccccc3)c2)OC1(C)C. The van der Waals surface area contributed by atoms with E-state index in [1.807, 2.05) is 12.1 Å². The van der Waals surface area contributed by atoms with Gasteiger partial charge in [-0.25, -0.2) is 0 Å². The fourth-order valence-electron chi connectivity index (χ4n) is 5.76. The lowest BCUT2D eigenvalue weighted by molar-refractivity contribution is -0.124. The molecule has 33 heavy (non-hydrogen) atoms. The van der Waals surface area contributed by atoms with Crippen LogP contribution in [0.3, 0.4) is 0 Å². The highest BCUT2D eigenvalue weighted by molar-refractivity contribution is 6.62. The van der Waals surface area contributed by atoms with Crippen molar-refractivity contribution >= 4 is 18.4 Å². The van der Waals surface area contributed by atoms with Crippen molar-refractivity contribution in [3.05, 3.63) is 65.7 Å². The summed E-state index contributed by atoms with van der Waals surface area (Å²) in [5.74, 6) is 0.562. The van der Waals surface area contributed by atoms with E-state index in [1.165, 1.54) is 18.4 Å². The summed E-state index contributed by atoms with van der Waals surface area (Å²) in [5, 5.41) is 0. The third-order valence-corrected chi connectivity index (χ3v) is 8.40. The van der Waals surface area contributed by atoms with Crippen LogP contribution in [-0.4, -0.2) is 41.1 Å². The van der Waals surface area contributed by atoms with Crippen molar-refractivity contribution in [2.75, 3.05) is 0 Å². The number of hydrogen-bond donors (Lipinski definition) is 0. The molecular weight excluding hydrogens is 409 g/mol. The Morgan fingerprint density at radius 2 is 1.52 bits per heavy atom. The van der Waals surface area contributed by atoms with Crippen LogP contribution in [0, 0.1) is 5.92 Å². The molecule has 3 aliphatic heterocycles. The molecule has 2 unspecified atom stereocenters. The Balaban J connectivity index is 1.22. The van der Waals surface area contributed by atoms with Gasteiger partial charge in [-0.05, 0) is 70.0 Å². The zero-order chi connectivity index (χ0) is 23.2. The van der Waals surface area contributed by atoms with Gasteiger partial charge in [-0.2, -0.15) is 0 Å². The van der Waals surface area contributed by atoms with Crippen molar-refractivity contribution in [3.63, 3.8) is 0 Å². The van der Waals surface area contributed by atoms with Gasteiger partial charge in [-0.1, -0.05) is 54.6 Å². The third-order valence-electron chi connectivity index (χ3n) is 8.40. The summed E-state index contributed by atoms with van der Waals surface area (Å²) in [6.45, 7) is 9.28. The van der Waals surface area contributed by atoms with Gasteiger partial charge in [-0.15, -0.1) is 0 Å². The third kappa shape index (κ3) is 4.56. The summed E-state index contributed by atoms with van der Waals surface area (Å²) in [6, 6.07) is 20.0. The van der Waals surface area contributed by atoms with E-state index in [9.17, 15) is 4.79 Å². The Morgan fingerprint density at radius 1 is 0.909 bits per heavy atom. The number of piperidine rings is 1. The fourth-order valence-corrected chi connectivity index (χ4v) is 5.76. The highest BCUT2D eigenvalue weighted by Gasteiger charge is 2.51. The molecule has 4 nitrogen and oxygen atoms in total. The molecule has 0 saturated carbocycles. The summed E-state index contributed by atoms with van der Waals surface area (Å²) < 4.78 is 12.4. The van der Waals surface area contributed by atoms with Crippen LogP contribution in [0.15, 0.2) is 54.6 Å². The molecule has 5 heteroatoms. The second kappa shape index (κ2) is 8.68. The predicted octanol–water partition coefficient (Wildman–Crippen LogP) is 4.54. The van der Waals surface area contributed by atoms with E-state index in [4.69, 9.17) is 9.31 Å². The van der Waals surface area contributed by atoms with Gasteiger partial charge in [0, 0.05) is 31.0 Å². The number of fused-ring (bicyclic) bond motifs is 2. The summed E-state index contributed by atoms with van der Waals surface area (Å²) in [4.78, 5) is 16.0. The molecule has 0 N–H and O–H groups in total. The first-order valence-corrected chi connectivity index (χ1v) is 12.5. The van der Waals surface area contributed by atoms with E-state index in [-0.39, 0.29) is 24.2 Å². The molecule has 2 bridgehead atoms. The number of hydrogen-bond acceptors (Lipinski definition) is 4. The van der Waals surface area contributed by atoms with Crippen molar-refractivity contribution in [1.29, 1.82) is 0 Å². The second-order valence-electron chi connectivity index (χ2n) is 11.2. The van der Waals surface area contributed by atoms with Crippen molar-refractivity contribution in [3.8, 4) is 0 Å². The Hall–Kier alpha value is -1.95. The zero-order valence-corrected chi connectivity index (χ0v) is 20.4. The van der Waals surface area contributed by atoms with E-state index in [2.05, 4.69) is 75.1 Å². The standard InChI is InChI=1S/C28H36BNO3/c1-27(2)28(3,4)33-29(32-27)23-12-8-11-21(15-23)16-26(31)22-17-24-13-14-25(18-22)30(24)19-20-9-6-5-7-10-20/h5-12,15,22,24-25H,13-14,16-19H2,1-4H3. The maximum absolute atomic E-state index is 13.3. The van der Waals surface area contributed by atoms with E-state index in [0.29, 0.717) is 24.3 Å². The van der Waals surface area contributed by atoms with E-state index in [1.54, 1.807) is 0 Å². The normalized spacial score (nSPS) is 28.2. The minimum absolute atomic E-state index is 0.176. The van der Waals surface area contributed by atoms with Gasteiger partial charge < -0.3 is 9.31 Å². The van der Waals surface area contributed by atoms with Crippen LogP contribution >= 0.6 is 0 Å². The predicted molar refractivity (Wildman–Crippen MR) is 132 cm³/mol. The molecule has 0 amide bonds. The molecule has 5 rings (SSSR count). The lowest BCUT2D eigenvalue weighted by Gasteiger charge is -2.38. The van der Waals surface area contributed by atoms with Crippen molar-refractivity contribution < 1.29 is 14.1 Å². The number of benzene rings is 2. The molecule has 2 aromatic carbocycles. The number of ketones is 1. The highest BCUT2D eigenvalue weighted by Crippen LogP contribution is 2.40. The van der Waals surface area contributed by atoms with Crippen LogP contribution in [0.1, 0.15) is 64.5 Å². The number of Topliss-reactive ketones (excluding diaryl/α,β-unsaturated/α-hetero) is 1. The zero-order valence-electron chi connectivity index (χ0n) is 20.4. The molecule has 3 heterocycles. The van der Waals surface area contributed by atoms with Crippen molar-refractivity contribution in [1.82, 2.24) is 4.90 Å². The minimum atomic E-state index is -0.387. The second-order valence-corrected chi connectivity index (χ2v) is 11.2. The first kappa shape index (κ1) is 22.8. The summed E-state index contributed by atoms with van der Waals surface area (Å²) in [7, 11) is -0.387. The molecule has 3 fully saturated rings. The maximum atomic E-state index is 13.3. The Kier molecular flexibility index (Phi) is 6.01. The average Bonchev–Trinajstić information content (AvgIpc) is 3.13. The van der Waals surface area contributed by atoms with Gasteiger partial charge in [0.25, 0.3) is 0 Å². The van der Waals surface area contributed by atoms with Gasteiger partial charge in [-0.3, -0.25) is 9.69 Å². The van der Waals surface area contributed by atoms with Crippen LogP contribution in [0.2, 0.25) is 0 Å². The topological polar surface area (TPSA) is 38.8 Å². The van der Waals surface area contributed by atoms with E-state index in [0.717, 1.165) is 30.4 Å². The van der Waals surface area contributed by atoms with Crippen LogP contribution < -0.4 is 5.46 Å². The molecule has 0 aliphatic carbocycles. The molecule has 2 aromatic rings. The van der Waals surface area contributed by atoms with E-state index >= 15 is 0 Å². The number of rotatable bonds is 6. The van der Waals surface area contributed by atoms with Crippen molar-refractivity contribution in [2.24, 2.45) is 5.92 Å². The molecule has 174 valence electrons. The van der Waals surface area contributed by atoms with Gasteiger partial charge >= 0.3 is 7.12 Å². The fraction of sp³-hybridized carbons (Fsp3) is 0.536. The van der Waals surface area contributed by atoms with Crippen molar-refractivity contribution in [2.45, 2.75) is 89.6 Å². The first-order chi connectivity index (χ1) is 15.7. The summed E-state index contributed by atoms with van der Waals surface area (Å²) in [6.07, 6.45) is 4.94. The summed E-state index contributed by atoms with van der Waals surface area (Å²) >= 11 is 0. The van der Waals surface area contributed by atoms with E-state index < -0.39 is 0 Å². The number of nitrogens with zero attached hydrogens (tertiary/aromatic N) is 1.